The molecule has 1 rings (SSSR count). The third-order valence-electron chi connectivity index (χ3n) is 2.49. The summed E-state index contributed by atoms with van der Waals surface area (Å²) in [5.41, 5.74) is 2.25. The number of nitrogens with zero attached hydrogens (tertiary/aromatic N) is 1. The van der Waals surface area contributed by atoms with Gasteiger partial charge in [-0.25, -0.2) is 0 Å². The summed E-state index contributed by atoms with van der Waals surface area (Å²) >= 11 is 0. The van der Waals surface area contributed by atoms with E-state index in [4.69, 9.17) is 0 Å². The van der Waals surface area contributed by atoms with Crippen molar-refractivity contribution in [2.75, 3.05) is 0 Å². The van der Waals surface area contributed by atoms with Gasteiger partial charge in [0.15, 0.2) is 0 Å². The summed E-state index contributed by atoms with van der Waals surface area (Å²) in [4.78, 5) is 4.33. The van der Waals surface area contributed by atoms with Gasteiger partial charge in [0.05, 0.1) is 5.69 Å². The molecule has 0 aliphatic heterocycles. The van der Waals surface area contributed by atoms with Crippen LogP contribution in [0.15, 0.2) is 12.3 Å². The maximum atomic E-state index is 10.1. The molecule has 0 unspecified atom stereocenters. The van der Waals surface area contributed by atoms with E-state index < -0.39 is 5.60 Å². The normalized spacial score (nSPS) is 13.0. The zero-order chi connectivity index (χ0) is 11.9. The molecule has 0 aliphatic carbocycles. The van der Waals surface area contributed by atoms with Gasteiger partial charge < -0.3 is 5.11 Å². The van der Waals surface area contributed by atoms with E-state index in [0.29, 0.717) is 0 Å². The fraction of sp³-hybridized carbons (Fsp3) is 0.615. The minimum atomic E-state index is -0.880. The number of aromatic nitrogens is 1. The highest BCUT2D eigenvalue weighted by Crippen LogP contribution is 2.33. The number of hydrogen-bond acceptors (Lipinski definition) is 2. The number of hydrogen-bond donors (Lipinski definition) is 1. The molecular weight excluding hydrogens is 186 g/mol. The van der Waals surface area contributed by atoms with Crippen LogP contribution in [0.25, 0.3) is 0 Å². The van der Waals surface area contributed by atoms with Crippen molar-refractivity contribution < 1.29 is 5.11 Å². The Morgan fingerprint density at radius 1 is 1.13 bits per heavy atom. The van der Waals surface area contributed by atoms with E-state index in [1.54, 1.807) is 20.0 Å². The van der Waals surface area contributed by atoms with Crippen molar-refractivity contribution >= 4 is 0 Å². The summed E-state index contributed by atoms with van der Waals surface area (Å²) in [5.74, 6) is 0. The fourth-order valence-electron chi connectivity index (χ4n) is 1.97. The van der Waals surface area contributed by atoms with Gasteiger partial charge >= 0.3 is 0 Å². The Balaban J connectivity index is 3.48. The van der Waals surface area contributed by atoms with Gasteiger partial charge in [0, 0.05) is 6.20 Å². The van der Waals surface area contributed by atoms with Crippen LogP contribution in [-0.2, 0) is 11.0 Å². The molecule has 1 N–H and O–H groups in total. The van der Waals surface area contributed by atoms with Crippen molar-refractivity contribution in [2.24, 2.45) is 0 Å². The van der Waals surface area contributed by atoms with E-state index in [1.807, 2.05) is 6.07 Å². The Bertz CT molecular complexity index is 356. The zero-order valence-corrected chi connectivity index (χ0v) is 10.5. The first-order chi connectivity index (χ1) is 6.64. The first-order valence-corrected chi connectivity index (χ1v) is 5.33. The molecule has 0 fully saturated rings. The predicted molar refractivity (Wildman–Crippen MR) is 62.9 cm³/mol. The average molecular weight is 207 g/mol. The van der Waals surface area contributed by atoms with Crippen molar-refractivity contribution in [1.29, 1.82) is 0 Å². The number of pyridine rings is 1. The topological polar surface area (TPSA) is 33.1 Å². The molecule has 0 spiro atoms. The molecule has 0 atom stereocenters. The van der Waals surface area contributed by atoms with Crippen LogP contribution in [0.5, 0.6) is 0 Å². The average Bonchev–Trinajstić information content (AvgIpc) is 1.99. The van der Waals surface area contributed by atoms with Crippen molar-refractivity contribution in [1.82, 2.24) is 4.98 Å². The van der Waals surface area contributed by atoms with Gasteiger partial charge in [-0.2, -0.15) is 0 Å². The number of rotatable bonds is 1. The van der Waals surface area contributed by atoms with E-state index in [0.717, 1.165) is 11.3 Å². The molecular formula is C13H21NO. The summed E-state index contributed by atoms with van der Waals surface area (Å²) in [7, 11) is 0. The first-order valence-electron chi connectivity index (χ1n) is 5.33. The van der Waals surface area contributed by atoms with Gasteiger partial charge in [0.1, 0.15) is 5.60 Å². The van der Waals surface area contributed by atoms with E-state index in [-0.39, 0.29) is 5.41 Å². The second kappa shape index (κ2) is 3.60. The van der Waals surface area contributed by atoms with Gasteiger partial charge in [-0.1, -0.05) is 20.8 Å². The maximum Gasteiger partial charge on any atom is 0.101 e. The van der Waals surface area contributed by atoms with Gasteiger partial charge in [-0.3, -0.25) is 4.98 Å². The fourth-order valence-corrected chi connectivity index (χ4v) is 1.97. The minimum Gasteiger partial charge on any atom is -0.384 e. The monoisotopic (exact) mass is 207 g/mol. The molecule has 2 heteroatoms. The Kier molecular flexibility index (Phi) is 2.92. The molecule has 2 nitrogen and oxygen atoms in total. The van der Waals surface area contributed by atoms with Crippen molar-refractivity contribution in [3.05, 3.63) is 29.1 Å². The Morgan fingerprint density at radius 3 is 2.00 bits per heavy atom. The van der Waals surface area contributed by atoms with Crippen molar-refractivity contribution in [2.45, 2.75) is 52.6 Å². The second-order valence-corrected chi connectivity index (χ2v) is 5.66. The van der Waals surface area contributed by atoms with E-state index in [2.05, 4.69) is 32.7 Å². The van der Waals surface area contributed by atoms with Gasteiger partial charge in [-0.15, -0.1) is 0 Å². The number of aliphatic hydroxyl groups is 1. The summed E-state index contributed by atoms with van der Waals surface area (Å²) < 4.78 is 0. The molecule has 0 bridgehead atoms. The highest BCUT2D eigenvalue weighted by Gasteiger charge is 2.28. The molecule has 0 aromatic carbocycles. The largest absolute Gasteiger partial charge is 0.384 e. The van der Waals surface area contributed by atoms with Crippen LogP contribution in [0.3, 0.4) is 0 Å². The zero-order valence-electron chi connectivity index (χ0n) is 10.5. The predicted octanol–water partition coefficient (Wildman–Crippen LogP) is 2.91. The van der Waals surface area contributed by atoms with E-state index >= 15 is 0 Å². The molecule has 0 radical (unpaired) electrons. The van der Waals surface area contributed by atoms with Gasteiger partial charge in [0.25, 0.3) is 0 Å². The quantitative estimate of drug-likeness (QED) is 0.768. The maximum absolute atomic E-state index is 10.1. The second-order valence-electron chi connectivity index (χ2n) is 5.66. The summed E-state index contributed by atoms with van der Waals surface area (Å²) in [6.07, 6.45) is 1.76. The number of aryl methyl sites for hydroxylation is 1. The first kappa shape index (κ1) is 12.2. The highest BCUT2D eigenvalue weighted by atomic mass is 16.3. The van der Waals surface area contributed by atoms with Crippen LogP contribution < -0.4 is 0 Å². The van der Waals surface area contributed by atoms with Crippen LogP contribution in [0.4, 0.5) is 0 Å². The molecule has 1 aromatic heterocycles. The summed E-state index contributed by atoms with van der Waals surface area (Å²) in [6.45, 7) is 12.1. The Labute approximate surface area is 92.4 Å². The van der Waals surface area contributed by atoms with Crippen LogP contribution in [0, 0.1) is 6.92 Å². The highest BCUT2D eigenvalue weighted by molar-refractivity contribution is 5.37. The lowest BCUT2D eigenvalue weighted by atomic mass is 9.80. The molecule has 0 aliphatic rings. The van der Waals surface area contributed by atoms with Gasteiger partial charge in [-0.05, 0) is 43.4 Å². The lowest BCUT2D eigenvalue weighted by molar-refractivity contribution is 0.0715. The molecule has 84 valence electrons. The third kappa shape index (κ3) is 2.57. The van der Waals surface area contributed by atoms with E-state index in [1.165, 1.54) is 5.56 Å². The summed E-state index contributed by atoms with van der Waals surface area (Å²) in [6, 6.07) is 2.00. The molecule has 0 saturated carbocycles. The molecule has 0 amide bonds. The molecule has 1 aromatic rings. The van der Waals surface area contributed by atoms with Crippen LogP contribution in [0.1, 0.15) is 51.4 Å². The van der Waals surface area contributed by atoms with Crippen LogP contribution >= 0.6 is 0 Å². The SMILES string of the molecule is Cc1ccnc(C(C)(C)O)c1C(C)(C)C. The van der Waals surface area contributed by atoms with Crippen molar-refractivity contribution in [3.8, 4) is 0 Å². The third-order valence-corrected chi connectivity index (χ3v) is 2.49. The smallest absolute Gasteiger partial charge is 0.101 e. The Morgan fingerprint density at radius 2 is 1.67 bits per heavy atom. The standard InChI is InChI=1S/C13H21NO/c1-9-7-8-14-11(13(5,6)15)10(9)12(2,3)4/h7-8,15H,1-6H3. The molecule has 15 heavy (non-hydrogen) atoms. The summed E-state index contributed by atoms with van der Waals surface area (Å²) in [5, 5.41) is 10.1. The van der Waals surface area contributed by atoms with Crippen LogP contribution in [0.2, 0.25) is 0 Å². The minimum absolute atomic E-state index is 0.00762. The van der Waals surface area contributed by atoms with Crippen molar-refractivity contribution in [3.63, 3.8) is 0 Å². The lowest BCUT2D eigenvalue weighted by Crippen LogP contribution is -2.26. The van der Waals surface area contributed by atoms with Crippen LogP contribution in [-0.4, -0.2) is 10.1 Å². The Hall–Kier alpha value is -0.890. The van der Waals surface area contributed by atoms with E-state index in [9.17, 15) is 5.11 Å². The molecule has 0 saturated heterocycles. The lowest BCUT2D eigenvalue weighted by Gasteiger charge is -2.29. The molecule has 1 heterocycles. The van der Waals surface area contributed by atoms with Gasteiger partial charge in [0.2, 0.25) is 0 Å².